The minimum absolute atomic E-state index is 0.0642. The Kier molecular flexibility index (Phi) is 7.59. The predicted molar refractivity (Wildman–Crippen MR) is 87.7 cm³/mol. The molecule has 116 valence electrons. The van der Waals surface area contributed by atoms with E-state index in [0.717, 1.165) is 43.5 Å². The molecule has 0 aliphatic heterocycles. The van der Waals surface area contributed by atoms with Crippen molar-refractivity contribution in [2.75, 3.05) is 20.7 Å². The summed E-state index contributed by atoms with van der Waals surface area (Å²) in [5.41, 5.74) is 1.07. The zero-order chi connectivity index (χ0) is 15.7. The van der Waals surface area contributed by atoms with Gasteiger partial charge in [0.05, 0.1) is 13.0 Å². The van der Waals surface area contributed by atoms with Crippen LogP contribution < -0.4 is 4.74 Å². The van der Waals surface area contributed by atoms with Crippen molar-refractivity contribution in [3.8, 4) is 5.75 Å². The van der Waals surface area contributed by atoms with Crippen LogP contribution in [0.25, 0.3) is 0 Å². The van der Waals surface area contributed by atoms with Gasteiger partial charge in [0.25, 0.3) is 0 Å². The van der Waals surface area contributed by atoms with Crippen molar-refractivity contribution < 1.29 is 9.53 Å². The fourth-order valence-electron chi connectivity index (χ4n) is 2.33. The summed E-state index contributed by atoms with van der Waals surface area (Å²) in [6.07, 6.45) is 5.93. The SMILES string of the molecule is C=CCCCCC(C(=O)N(C)CC)c1ccc(OC)cc1. The van der Waals surface area contributed by atoms with E-state index in [1.165, 1.54) is 0 Å². The Morgan fingerprint density at radius 1 is 1.33 bits per heavy atom. The summed E-state index contributed by atoms with van der Waals surface area (Å²) in [7, 11) is 3.51. The molecule has 1 amide bonds. The molecule has 1 aromatic rings. The number of methoxy groups -OCH3 is 1. The van der Waals surface area contributed by atoms with Gasteiger partial charge >= 0.3 is 0 Å². The summed E-state index contributed by atoms with van der Waals surface area (Å²) in [5, 5.41) is 0. The number of carbonyl (C=O) groups excluding carboxylic acids is 1. The quantitative estimate of drug-likeness (QED) is 0.508. The van der Waals surface area contributed by atoms with Gasteiger partial charge in [-0.25, -0.2) is 0 Å². The van der Waals surface area contributed by atoms with Crippen LogP contribution in [0.3, 0.4) is 0 Å². The summed E-state index contributed by atoms with van der Waals surface area (Å²) >= 11 is 0. The van der Waals surface area contributed by atoms with Gasteiger partial charge in [0.1, 0.15) is 5.75 Å². The van der Waals surface area contributed by atoms with Gasteiger partial charge in [-0.2, -0.15) is 0 Å². The third kappa shape index (κ3) is 5.25. The van der Waals surface area contributed by atoms with Crippen molar-refractivity contribution in [2.24, 2.45) is 0 Å². The van der Waals surface area contributed by atoms with Crippen molar-refractivity contribution in [1.29, 1.82) is 0 Å². The van der Waals surface area contributed by atoms with Crippen molar-refractivity contribution in [3.05, 3.63) is 42.5 Å². The number of rotatable bonds is 9. The van der Waals surface area contributed by atoms with Gasteiger partial charge in [-0.15, -0.1) is 6.58 Å². The molecule has 21 heavy (non-hydrogen) atoms. The fraction of sp³-hybridized carbons (Fsp3) is 0.500. The maximum Gasteiger partial charge on any atom is 0.229 e. The lowest BCUT2D eigenvalue weighted by atomic mass is 9.91. The summed E-state index contributed by atoms with van der Waals surface area (Å²) in [6.45, 7) is 6.48. The second-order valence-electron chi connectivity index (χ2n) is 5.25. The molecule has 3 nitrogen and oxygen atoms in total. The van der Waals surface area contributed by atoms with Crippen LogP contribution in [0.15, 0.2) is 36.9 Å². The Morgan fingerprint density at radius 2 is 2.00 bits per heavy atom. The van der Waals surface area contributed by atoms with Gasteiger partial charge in [0.15, 0.2) is 0 Å². The first-order chi connectivity index (χ1) is 10.1. The smallest absolute Gasteiger partial charge is 0.229 e. The third-order valence-electron chi connectivity index (χ3n) is 3.82. The molecule has 0 fully saturated rings. The molecule has 0 bridgehead atoms. The van der Waals surface area contributed by atoms with Crippen molar-refractivity contribution in [1.82, 2.24) is 4.90 Å². The summed E-state index contributed by atoms with van der Waals surface area (Å²) in [4.78, 5) is 14.4. The molecule has 0 radical (unpaired) electrons. The van der Waals surface area contributed by atoms with Crippen molar-refractivity contribution in [2.45, 2.75) is 38.5 Å². The number of amides is 1. The number of likely N-dealkylation sites (N-methyl/N-ethyl adjacent to an activating group) is 1. The standard InChI is InChI=1S/C18H27NO2/c1-5-7-8-9-10-17(18(20)19(3)6-2)15-11-13-16(21-4)14-12-15/h5,11-14,17H,1,6-10H2,2-4H3. The Morgan fingerprint density at radius 3 is 2.52 bits per heavy atom. The minimum atomic E-state index is -0.0642. The minimum Gasteiger partial charge on any atom is -0.497 e. The first kappa shape index (κ1) is 17.3. The van der Waals surface area contributed by atoms with Gasteiger partial charge < -0.3 is 9.64 Å². The van der Waals surface area contributed by atoms with Crippen LogP contribution in [0.5, 0.6) is 5.75 Å². The van der Waals surface area contributed by atoms with Gasteiger partial charge in [-0.05, 0) is 43.9 Å². The lowest BCUT2D eigenvalue weighted by molar-refractivity contribution is -0.131. The molecule has 1 aromatic carbocycles. The number of carbonyl (C=O) groups is 1. The monoisotopic (exact) mass is 289 g/mol. The van der Waals surface area contributed by atoms with Gasteiger partial charge in [0.2, 0.25) is 5.91 Å². The maximum atomic E-state index is 12.6. The molecule has 0 N–H and O–H groups in total. The Bertz CT molecular complexity index is 439. The Balaban J connectivity index is 2.83. The molecular weight excluding hydrogens is 262 g/mol. The predicted octanol–water partition coefficient (Wildman–Crippen LogP) is 4.00. The van der Waals surface area contributed by atoms with Crippen LogP contribution in [0.4, 0.5) is 0 Å². The first-order valence-corrected chi connectivity index (χ1v) is 7.63. The summed E-state index contributed by atoms with van der Waals surface area (Å²) in [6, 6.07) is 7.84. The van der Waals surface area contributed by atoms with E-state index in [4.69, 9.17) is 4.74 Å². The highest BCUT2D eigenvalue weighted by Crippen LogP contribution is 2.26. The second-order valence-corrected chi connectivity index (χ2v) is 5.25. The highest BCUT2D eigenvalue weighted by atomic mass is 16.5. The summed E-state index contributed by atoms with van der Waals surface area (Å²) in [5.74, 6) is 0.951. The molecule has 0 aliphatic carbocycles. The third-order valence-corrected chi connectivity index (χ3v) is 3.82. The summed E-state index contributed by atoms with van der Waals surface area (Å²) < 4.78 is 5.18. The lowest BCUT2D eigenvalue weighted by Gasteiger charge is -2.23. The molecule has 0 aliphatic rings. The van der Waals surface area contributed by atoms with E-state index in [2.05, 4.69) is 6.58 Å². The largest absolute Gasteiger partial charge is 0.497 e. The molecule has 0 spiro atoms. The molecule has 3 heteroatoms. The molecule has 0 heterocycles. The van der Waals surface area contributed by atoms with E-state index in [1.807, 2.05) is 44.3 Å². The molecule has 0 saturated heterocycles. The van der Waals surface area contributed by atoms with E-state index in [1.54, 1.807) is 12.0 Å². The highest BCUT2D eigenvalue weighted by molar-refractivity contribution is 5.83. The fourth-order valence-corrected chi connectivity index (χ4v) is 2.33. The van der Waals surface area contributed by atoms with E-state index in [-0.39, 0.29) is 11.8 Å². The molecule has 0 aromatic heterocycles. The van der Waals surface area contributed by atoms with Crippen LogP contribution in [0.1, 0.15) is 44.1 Å². The molecular formula is C18H27NO2. The highest BCUT2D eigenvalue weighted by Gasteiger charge is 2.22. The van der Waals surface area contributed by atoms with Gasteiger partial charge in [-0.1, -0.05) is 24.6 Å². The normalized spacial score (nSPS) is 11.8. The van der Waals surface area contributed by atoms with Crippen LogP contribution in [-0.4, -0.2) is 31.5 Å². The number of benzene rings is 1. The van der Waals surface area contributed by atoms with Crippen LogP contribution in [-0.2, 0) is 4.79 Å². The molecule has 0 saturated carbocycles. The number of nitrogens with zero attached hydrogens (tertiary/aromatic N) is 1. The van der Waals surface area contributed by atoms with Crippen LogP contribution in [0.2, 0.25) is 0 Å². The number of ether oxygens (including phenoxy) is 1. The van der Waals surface area contributed by atoms with E-state index in [0.29, 0.717) is 0 Å². The van der Waals surface area contributed by atoms with Gasteiger partial charge in [0, 0.05) is 13.6 Å². The number of allylic oxidation sites excluding steroid dienone is 1. The number of hydrogen-bond donors (Lipinski definition) is 0. The number of hydrogen-bond acceptors (Lipinski definition) is 2. The maximum absolute atomic E-state index is 12.6. The van der Waals surface area contributed by atoms with E-state index < -0.39 is 0 Å². The zero-order valence-corrected chi connectivity index (χ0v) is 13.5. The number of unbranched alkanes of at least 4 members (excludes halogenated alkanes) is 2. The Hall–Kier alpha value is -1.77. The van der Waals surface area contributed by atoms with Crippen molar-refractivity contribution >= 4 is 5.91 Å². The van der Waals surface area contributed by atoms with Crippen molar-refractivity contribution in [3.63, 3.8) is 0 Å². The average molecular weight is 289 g/mol. The molecule has 1 unspecified atom stereocenters. The van der Waals surface area contributed by atoms with Gasteiger partial charge in [-0.3, -0.25) is 4.79 Å². The van der Waals surface area contributed by atoms with E-state index in [9.17, 15) is 4.79 Å². The Labute approximate surface area is 128 Å². The average Bonchev–Trinajstić information content (AvgIpc) is 2.54. The van der Waals surface area contributed by atoms with Crippen LogP contribution >= 0.6 is 0 Å². The van der Waals surface area contributed by atoms with E-state index >= 15 is 0 Å². The second kappa shape index (κ2) is 9.22. The lowest BCUT2D eigenvalue weighted by Crippen LogP contribution is -2.31. The van der Waals surface area contributed by atoms with Crippen LogP contribution in [0, 0.1) is 0 Å². The molecule has 1 atom stereocenters. The topological polar surface area (TPSA) is 29.5 Å². The zero-order valence-electron chi connectivity index (χ0n) is 13.5. The first-order valence-electron chi connectivity index (χ1n) is 7.63. The molecule has 1 rings (SSSR count).